The van der Waals surface area contributed by atoms with E-state index in [1.807, 2.05) is 18.2 Å². The van der Waals surface area contributed by atoms with Crippen molar-refractivity contribution in [3.05, 3.63) is 60.6 Å². The van der Waals surface area contributed by atoms with Crippen LogP contribution in [0.3, 0.4) is 0 Å². The lowest BCUT2D eigenvalue weighted by atomic mass is 10.3. The Hall–Kier alpha value is -4.02. The van der Waals surface area contributed by atoms with Gasteiger partial charge in [-0.2, -0.15) is 8.78 Å². The van der Waals surface area contributed by atoms with Gasteiger partial charge in [0.25, 0.3) is 0 Å². The van der Waals surface area contributed by atoms with Gasteiger partial charge in [0.1, 0.15) is 29.0 Å². The van der Waals surface area contributed by atoms with Crippen LogP contribution in [0.1, 0.15) is 5.82 Å². The Morgan fingerprint density at radius 1 is 1.03 bits per heavy atom. The number of ether oxygens (including phenoxy) is 1. The van der Waals surface area contributed by atoms with Crippen LogP contribution < -0.4 is 26.0 Å². The zero-order valence-corrected chi connectivity index (χ0v) is 16.6. The molecule has 4 N–H and O–H groups in total. The number of nitrogens with one attached hydrogen (secondary N) is 4. The Morgan fingerprint density at radius 3 is 2.65 bits per heavy atom. The third-order valence-electron chi connectivity index (χ3n) is 3.79. The topological polar surface area (TPSA) is 113 Å². The first-order valence-corrected chi connectivity index (χ1v) is 9.35. The van der Waals surface area contributed by atoms with Crippen molar-refractivity contribution >= 4 is 29.2 Å². The standard InChI is InChI=1S/C20H21F2N7O2/c1-13-26-17(12-18(27-13)29-16-7-2-3-8-23-16)24-9-10-25-20(30)28-14-5-4-6-15(11-14)31-19(21)22/h2-8,11-12,19H,9-10H2,1H3,(H2,25,28,30)(H2,23,24,26,27,29). The van der Waals surface area contributed by atoms with E-state index in [1.54, 1.807) is 25.3 Å². The number of urea groups is 1. The molecule has 0 saturated heterocycles. The van der Waals surface area contributed by atoms with Gasteiger partial charge >= 0.3 is 12.6 Å². The van der Waals surface area contributed by atoms with Gasteiger partial charge in [0.15, 0.2) is 0 Å². The van der Waals surface area contributed by atoms with Crippen molar-refractivity contribution in [1.82, 2.24) is 20.3 Å². The molecule has 2 aromatic heterocycles. The van der Waals surface area contributed by atoms with Gasteiger partial charge < -0.3 is 26.0 Å². The van der Waals surface area contributed by atoms with Crippen LogP contribution in [0.15, 0.2) is 54.7 Å². The molecule has 0 fully saturated rings. The van der Waals surface area contributed by atoms with Crippen LogP contribution >= 0.6 is 0 Å². The zero-order chi connectivity index (χ0) is 22.1. The number of nitrogens with zero attached hydrogens (tertiary/aromatic N) is 3. The normalized spacial score (nSPS) is 10.5. The molecule has 2 amide bonds. The van der Waals surface area contributed by atoms with E-state index < -0.39 is 12.6 Å². The SMILES string of the molecule is Cc1nc(NCCNC(=O)Nc2cccc(OC(F)F)c2)cc(Nc2ccccn2)n1. The third kappa shape index (κ3) is 7.38. The van der Waals surface area contributed by atoms with E-state index in [9.17, 15) is 13.6 Å². The summed E-state index contributed by atoms with van der Waals surface area (Å²) in [6, 6.07) is 12.5. The number of carbonyl (C=O) groups excluding carboxylic acids is 1. The van der Waals surface area contributed by atoms with Gasteiger partial charge in [-0.1, -0.05) is 12.1 Å². The Balaban J connectivity index is 1.45. The first-order chi connectivity index (χ1) is 15.0. The fraction of sp³-hybridized carbons (Fsp3) is 0.200. The molecule has 0 saturated carbocycles. The van der Waals surface area contributed by atoms with Gasteiger partial charge in [0.05, 0.1) is 0 Å². The summed E-state index contributed by atoms with van der Waals surface area (Å²) in [5.41, 5.74) is 0.334. The molecule has 11 heteroatoms. The van der Waals surface area contributed by atoms with E-state index in [2.05, 4.69) is 41.0 Å². The van der Waals surface area contributed by atoms with Crippen LogP contribution in [0.2, 0.25) is 0 Å². The number of hydrogen-bond acceptors (Lipinski definition) is 7. The van der Waals surface area contributed by atoms with Gasteiger partial charge in [0.2, 0.25) is 0 Å². The fourth-order valence-corrected chi connectivity index (χ4v) is 2.58. The van der Waals surface area contributed by atoms with E-state index in [0.717, 1.165) is 0 Å². The number of carbonyl (C=O) groups is 1. The Morgan fingerprint density at radius 2 is 1.87 bits per heavy atom. The average molecular weight is 429 g/mol. The minimum absolute atomic E-state index is 0.0382. The molecular formula is C20H21F2N7O2. The molecule has 3 aromatic rings. The van der Waals surface area contributed by atoms with Crippen molar-refractivity contribution in [2.24, 2.45) is 0 Å². The highest BCUT2D eigenvalue weighted by Crippen LogP contribution is 2.19. The molecule has 0 aliphatic carbocycles. The van der Waals surface area contributed by atoms with Gasteiger partial charge in [-0.25, -0.2) is 19.7 Å². The number of hydrogen-bond donors (Lipinski definition) is 4. The van der Waals surface area contributed by atoms with E-state index in [-0.39, 0.29) is 5.75 Å². The van der Waals surface area contributed by atoms with E-state index in [0.29, 0.717) is 42.1 Å². The minimum atomic E-state index is -2.93. The number of halogens is 2. The Labute approximate surface area is 177 Å². The average Bonchev–Trinajstić information content (AvgIpc) is 2.71. The highest BCUT2D eigenvalue weighted by Gasteiger charge is 2.07. The second-order valence-corrected chi connectivity index (χ2v) is 6.24. The van der Waals surface area contributed by atoms with Crippen molar-refractivity contribution in [1.29, 1.82) is 0 Å². The quantitative estimate of drug-likeness (QED) is 0.383. The highest BCUT2D eigenvalue weighted by atomic mass is 19.3. The molecule has 0 aliphatic rings. The summed E-state index contributed by atoms with van der Waals surface area (Å²) in [6.45, 7) is -0.459. The number of anilines is 4. The van der Waals surface area contributed by atoms with Crippen LogP contribution in [0.4, 0.5) is 36.7 Å². The second-order valence-electron chi connectivity index (χ2n) is 6.24. The smallest absolute Gasteiger partial charge is 0.387 e. The molecule has 0 atom stereocenters. The van der Waals surface area contributed by atoms with E-state index in [1.165, 1.54) is 18.2 Å². The summed E-state index contributed by atoms with van der Waals surface area (Å²) in [5.74, 6) is 2.37. The number of benzene rings is 1. The van der Waals surface area contributed by atoms with Crippen LogP contribution in [0.25, 0.3) is 0 Å². The predicted molar refractivity (Wildman–Crippen MR) is 113 cm³/mol. The molecule has 3 rings (SSSR count). The maximum absolute atomic E-state index is 12.3. The van der Waals surface area contributed by atoms with Crippen LogP contribution in [0.5, 0.6) is 5.75 Å². The molecule has 1 aromatic carbocycles. The number of pyridine rings is 1. The summed E-state index contributed by atoms with van der Waals surface area (Å²) < 4.78 is 28.9. The Bertz CT molecular complexity index is 1010. The summed E-state index contributed by atoms with van der Waals surface area (Å²) in [7, 11) is 0. The maximum Gasteiger partial charge on any atom is 0.387 e. The van der Waals surface area contributed by atoms with Crippen LogP contribution in [-0.2, 0) is 0 Å². The summed E-state index contributed by atoms with van der Waals surface area (Å²) in [6.07, 6.45) is 1.67. The summed E-state index contributed by atoms with van der Waals surface area (Å²) in [4.78, 5) is 24.8. The number of aryl methyl sites for hydroxylation is 1. The van der Waals surface area contributed by atoms with E-state index >= 15 is 0 Å². The second kappa shape index (κ2) is 10.7. The molecule has 0 aliphatic heterocycles. The molecule has 162 valence electrons. The lowest BCUT2D eigenvalue weighted by molar-refractivity contribution is -0.0498. The van der Waals surface area contributed by atoms with Gasteiger partial charge in [-0.05, 0) is 31.2 Å². The molecule has 31 heavy (non-hydrogen) atoms. The number of alkyl halides is 2. The molecule has 0 bridgehead atoms. The van der Waals surface area contributed by atoms with E-state index in [4.69, 9.17) is 0 Å². The number of amides is 2. The molecule has 9 nitrogen and oxygen atoms in total. The first kappa shape index (κ1) is 21.7. The first-order valence-electron chi connectivity index (χ1n) is 9.35. The lowest BCUT2D eigenvalue weighted by Crippen LogP contribution is -2.32. The van der Waals surface area contributed by atoms with Crippen molar-refractivity contribution in [2.75, 3.05) is 29.0 Å². The highest BCUT2D eigenvalue weighted by molar-refractivity contribution is 5.89. The van der Waals surface area contributed by atoms with Gasteiger partial charge in [-0.3, -0.25) is 0 Å². The number of rotatable bonds is 9. The lowest BCUT2D eigenvalue weighted by Gasteiger charge is -2.11. The Kier molecular flexibility index (Phi) is 7.46. The van der Waals surface area contributed by atoms with Crippen LogP contribution in [0, 0.1) is 6.92 Å². The molecule has 2 heterocycles. The van der Waals surface area contributed by atoms with Crippen LogP contribution in [-0.4, -0.2) is 40.7 Å². The van der Waals surface area contributed by atoms with Gasteiger partial charge in [0, 0.05) is 37.1 Å². The summed E-state index contributed by atoms with van der Waals surface area (Å²) >= 11 is 0. The fourth-order valence-electron chi connectivity index (χ4n) is 2.58. The molecule has 0 unspecified atom stereocenters. The molecule has 0 spiro atoms. The zero-order valence-electron chi connectivity index (χ0n) is 16.6. The third-order valence-corrected chi connectivity index (χ3v) is 3.79. The molecule has 0 radical (unpaired) electrons. The van der Waals surface area contributed by atoms with Gasteiger partial charge in [-0.15, -0.1) is 0 Å². The monoisotopic (exact) mass is 429 g/mol. The van der Waals surface area contributed by atoms with Crippen molar-refractivity contribution in [3.63, 3.8) is 0 Å². The van der Waals surface area contributed by atoms with Crippen molar-refractivity contribution < 1.29 is 18.3 Å². The van der Waals surface area contributed by atoms with Crippen molar-refractivity contribution in [3.8, 4) is 5.75 Å². The number of aromatic nitrogens is 3. The van der Waals surface area contributed by atoms with Crippen molar-refractivity contribution in [2.45, 2.75) is 13.5 Å². The minimum Gasteiger partial charge on any atom is -0.435 e. The molecular weight excluding hydrogens is 408 g/mol. The largest absolute Gasteiger partial charge is 0.435 e. The predicted octanol–water partition coefficient (Wildman–Crippen LogP) is 3.76. The maximum atomic E-state index is 12.3. The summed E-state index contributed by atoms with van der Waals surface area (Å²) in [5, 5.41) is 11.4.